The lowest BCUT2D eigenvalue weighted by molar-refractivity contribution is 0.271. The third-order valence-corrected chi connectivity index (χ3v) is 4.14. The molecule has 1 fully saturated rings. The number of rotatable bonds is 5. The van der Waals surface area contributed by atoms with Gasteiger partial charge in [0.15, 0.2) is 0 Å². The summed E-state index contributed by atoms with van der Waals surface area (Å²) in [6, 6.07) is 6.45. The Hall–Kier alpha value is -0.770. The molecule has 1 N–H and O–H groups in total. The average Bonchev–Trinajstić information content (AvgIpc) is 2.46. The summed E-state index contributed by atoms with van der Waals surface area (Å²) in [6.07, 6.45) is 0. The number of hydrogen-bond donors (Lipinski definition) is 1. The van der Waals surface area contributed by atoms with E-state index in [9.17, 15) is 0 Å². The van der Waals surface area contributed by atoms with Gasteiger partial charge in [0.1, 0.15) is 0 Å². The van der Waals surface area contributed by atoms with Crippen LogP contribution >= 0.6 is 11.6 Å². The fourth-order valence-electron chi connectivity index (χ4n) is 2.46. The van der Waals surface area contributed by atoms with Crippen LogP contribution < -0.4 is 10.2 Å². The Balaban J connectivity index is 1.99. The summed E-state index contributed by atoms with van der Waals surface area (Å²) in [7, 11) is 0. The molecule has 0 radical (unpaired) electrons. The van der Waals surface area contributed by atoms with Gasteiger partial charge in [-0.2, -0.15) is 0 Å². The van der Waals surface area contributed by atoms with E-state index in [0.29, 0.717) is 0 Å². The molecule has 106 valence electrons. The lowest BCUT2D eigenvalue weighted by Crippen LogP contribution is -2.46. The van der Waals surface area contributed by atoms with Crippen LogP contribution in [0.3, 0.4) is 0 Å². The normalized spacial score (nSPS) is 16.9. The van der Waals surface area contributed by atoms with Gasteiger partial charge in [0, 0.05) is 43.4 Å². The van der Waals surface area contributed by atoms with Crippen LogP contribution in [0.2, 0.25) is 5.02 Å². The van der Waals surface area contributed by atoms with Gasteiger partial charge in [0.25, 0.3) is 0 Å². The summed E-state index contributed by atoms with van der Waals surface area (Å²) >= 11 is 6.36. The lowest BCUT2D eigenvalue weighted by Gasteiger charge is -2.35. The predicted octanol–water partition coefficient (Wildman–Crippen LogP) is 2.59. The molecule has 0 saturated carbocycles. The minimum absolute atomic E-state index is 0.846. The molecule has 1 aliphatic rings. The van der Waals surface area contributed by atoms with Crippen LogP contribution in [-0.2, 0) is 6.54 Å². The zero-order valence-corrected chi connectivity index (χ0v) is 12.7. The fraction of sp³-hybridized carbons (Fsp3) is 0.600. The minimum Gasteiger partial charge on any atom is -0.369 e. The van der Waals surface area contributed by atoms with E-state index in [-0.39, 0.29) is 0 Å². The van der Waals surface area contributed by atoms with E-state index in [4.69, 9.17) is 11.6 Å². The topological polar surface area (TPSA) is 18.5 Å². The van der Waals surface area contributed by atoms with Crippen molar-refractivity contribution in [1.82, 2.24) is 10.2 Å². The lowest BCUT2D eigenvalue weighted by atomic mass is 10.1. The summed E-state index contributed by atoms with van der Waals surface area (Å²) in [4.78, 5) is 4.91. The molecule has 0 amide bonds. The van der Waals surface area contributed by atoms with Gasteiger partial charge in [-0.3, -0.25) is 0 Å². The summed E-state index contributed by atoms with van der Waals surface area (Å²) < 4.78 is 0. The van der Waals surface area contributed by atoms with Gasteiger partial charge in [0.05, 0.1) is 0 Å². The number of halogens is 1. The van der Waals surface area contributed by atoms with Crippen LogP contribution in [-0.4, -0.2) is 44.2 Å². The van der Waals surface area contributed by atoms with Gasteiger partial charge in [-0.25, -0.2) is 0 Å². The van der Waals surface area contributed by atoms with Crippen LogP contribution in [0.15, 0.2) is 18.2 Å². The number of hydrogen-bond acceptors (Lipinski definition) is 3. The number of benzene rings is 1. The molecule has 19 heavy (non-hydrogen) atoms. The summed E-state index contributed by atoms with van der Waals surface area (Å²) in [6.45, 7) is 11.8. The van der Waals surface area contributed by atoms with Crippen molar-refractivity contribution in [2.45, 2.75) is 20.4 Å². The van der Waals surface area contributed by atoms with E-state index in [2.05, 4.69) is 47.2 Å². The van der Waals surface area contributed by atoms with Crippen molar-refractivity contribution in [2.24, 2.45) is 0 Å². The van der Waals surface area contributed by atoms with Gasteiger partial charge >= 0.3 is 0 Å². The molecule has 0 atom stereocenters. The van der Waals surface area contributed by atoms with Crippen molar-refractivity contribution < 1.29 is 0 Å². The Morgan fingerprint density at radius 2 is 1.89 bits per heavy atom. The number of likely N-dealkylation sites (N-methyl/N-ethyl adjacent to an activating group) is 1. The summed E-state index contributed by atoms with van der Waals surface area (Å²) in [5.74, 6) is 0. The molecule has 1 aliphatic heterocycles. The van der Waals surface area contributed by atoms with E-state index in [1.54, 1.807) is 0 Å². The van der Waals surface area contributed by atoms with E-state index in [1.165, 1.54) is 11.3 Å². The second-order valence-electron chi connectivity index (χ2n) is 4.98. The van der Waals surface area contributed by atoms with Crippen LogP contribution in [0.1, 0.15) is 19.4 Å². The first-order valence-electron chi connectivity index (χ1n) is 7.21. The number of nitrogens with zero attached hydrogens (tertiary/aromatic N) is 2. The molecule has 2 rings (SSSR count). The molecule has 0 aromatic heterocycles. The Morgan fingerprint density at radius 1 is 1.16 bits per heavy atom. The van der Waals surface area contributed by atoms with Gasteiger partial charge in [-0.1, -0.05) is 31.5 Å². The van der Waals surface area contributed by atoms with Crippen LogP contribution in [0.5, 0.6) is 0 Å². The van der Waals surface area contributed by atoms with Crippen molar-refractivity contribution in [1.29, 1.82) is 0 Å². The highest BCUT2D eigenvalue weighted by molar-refractivity contribution is 6.31. The molecule has 1 saturated heterocycles. The smallest absolute Gasteiger partial charge is 0.0471 e. The zero-order chi connectivity index (χ0) is 13.7. The standard InChI is InChI=1S/C15H24ClN3/c1-3-17-12-13-5-6-14(11-15(13)16)19-9-7-18(4-2)8-10-19/h5-6,11,17H,3-4,7-10,12H2,1-2H3. The second kappa shape index (κ2) is 7.13. The number of anilines is 1. The highest BCUT2D eigenvalue weighted by Gasteiger charge is 2.16. The first-order chi connectivity index (χ1) is 9.24. The minimum atomic E-state index is 0.846. The quantitative estimate of drug-likeness (QED) is 0.895. The van der Waals surface area contributed by atoms with Crippen LogP contribution in [0, 0.1) is 0 Å². The molecular formula is C15H24ClN3. The first kappa shape index (κ1) is 14.6. The summed E-state index contributed by atoms with van der Waals surface area (Å²) in [5.41, 5.74) is 2.43. The van der Waals surface area contributed by atoms with Crippen molar-refractivity contribution >= 4 is 17.3 Å². The highest BCUT2D eigenvalue weighted by atomic mass is 35.5. The first-order valence-corrected chi connectivity index (χ1v) is 7.58. The van der Waals surface area contributed by atoms with Crippen LogP contribution in [0.25, 0.3) is 0 Å². The van der Waals surface area contributed by atoms with E-state index < -0.39 is 0 Å². The molecule has 4 heteroatoms. The van der Waals surface area contributed by atoms with E-state index in [1.807, 2.05) is 0 Å². The molecule has 0 spiro atoms. The maximum absolute atomic E-state index is 6.36. The van der Waals surface area contributed by atoms with Gasteiger partial charge in [-0.15, -0.1) is 0 Å². The second-order valence-corrected chi connectivity index (χ2v) is 5.38. The molecule has 1 aromatic rings. The maximum Gasteiger partial charge on any atom is 0.0471 e. The van der Waals surface area contributed by atoms with Crippen molar-refractivity contribution in [3.05, 3.63) is 28.8 Å². The molecule has 0 bridgehead atoms. The van der Waals surface area contributed by atoms with Crippen molar-refractivity contribution in [2.75, 3.05) is 44.2 Å². The number of piperazine rings is 1. The maximum atomic E-state index is 6.36. The van der Waals surface area contributed by atoms with E-state index >= 15 is 0 Å². The zero-order valence-electron chi connectivity index (χ0n) is 12.0. The molecule has 0 unspecified atom stereocenters. The summed E-state index contributed by atoms with van der Waals surface area (Å²) in [5, 5.41) is 4.18. The predicted molar refractivity (Wildman–Crippen MR) is 83.2 cm³/mol. The SMILES string of the molecule is CCNCc1ccc(N2CCN(CC)CC2)cc1Cl. The van der Waals surface area contributed by atoms with Crippen molar-refractivity contribution in [3.63, 3.8) is 0 Å². The molecule has 0 aliphatic carbocycles. The number of nitrogens with one attached hydrogen (secondary N) is 1. The molecule has 1 aromatic carbocycles. The van der Waals surface area contributed by atoms with Gasteiger partial charge < -0.3 is 15.1 Å². The van der Waals surface area contributed by atoms with Gasteiger partial charge in [0.2, 0.25) is 0 Å². The van der Waals surface area contributed by atoms with Crippen molar-refractivity contribution in [3.8, 4) is 0 Å². The third kappa shape index (κ3) is 3.85. The fourth-order valence-corrected chi connectivity index (χ4v) is 2.70. The third-order valence-electron chi connectivity index (χ3n) is 3.79. The largest absolute Gasteiger partial charge is 0.369 e. The molecular weight excluding hydrogens is 258 g/mol. The Bertz CT molecular complexity index is 400. The molecule has 3 nitrogen and oxygen atoms in total. The Labute approximate surface area is 121 Å². The van der Waals surface area contributed by atoms with E-state index in [0.717, 1.165) is 50.8 Å². The Kier molecular flexibility index (Phi) is 5.49. The van der Waals surface area contributed by atoms with Crippen LogP contribution in [0.4, 0.5) is 5.69 Å². The molecule has 1 heterocycles. The Morgan fingerprint density at radius 3 is 2.47 bits per heavy atom. The van der Waals surface area contributed by atoms with Gasteiger partial charge in [-0.05, 0) is 30.8 Å². The highest BCUT2D eigenvalue weighted by Crippen LogP contribution is 2.24. The average molecular weight is 282 g/mol. The monoisotopic (exact) mass is 281 g/mol.